The van der Waals surface area contributed by atoms with E-state index in [4.69, 9.17) is 4.52 Å². The zero-order valence-corrected chi connectivity index (χ0v) is 14.0. The molecule has 0 aliphatic carbocycles. The lowest BCUT2D eigenvalue weighted by Crippen LogP contribution is -2.49. The molecule has 23 heavy (non-hydrogen) atoms. The fourth-order valence-electron chi connectivity index (χ4n) is 3.29. The molecule has 3 heterocycles. The molecule has 1 aromatic rings. The van der Waals surface area contributed by atoms with Crippen molar-refractivity contribution < 1.29 is 14.1 Å². The molecule has 1 aromatic heterocycles. The highest BCUT2D eigenvalue weighted by molar-refractivity contribution is 6.07. The van der Waals surface area contributed by atoms with E-state index in [2.05, 4.69) is 20.4 Å². The summed E-state index contributed by atoms with van der Waals surface area (Å²) in [6.45, 7) is 8.80. The number of hydrogen-bond donors (Lipinski definition) is 1. The van der Waals surface area contributed by atoms with Crippen LogP contribution in [0.2, 0.25) is 0 Å². The monoisotopic (exact) mass is 321 g/mol. The zero-order valence-electron chi connectivity index (χ0n) is 14.0. The number of urea groups is 1. The molecule has 1 spiro atoms. The molecule has 3 rings (SSSR count). The average Bonchev–Trinajstić information content (AvgIpc) is 3.18. The van der Waals surface area contributed by atoms with Crippen LogP contribution < -0.4 is 5.32 Å². The lowest BCUT2D eigenvalue weighted by molar-refractivity contribution is -0.132. The normalized spacial score (nSPS) is 26.6. The van der Waals surface area contributed by atoms with Gasteiger partial charge in [0.25, 0.3) is 5.91 Å². The average molecular weight is 321 g/mol. The Morgan fingerprint density at radius 3 is 2.65 bits per heavy atom. The molecule has 126 valence electrons. The van der Waals surface area contributed by atoms with Gasteiger partial charge in [0.05, 0.1) is 6.04 Å². The summed E-state index contributed by atoms with van der Waals surface area (Å²) >= 11 is 0. The second-order valence-corrected chi connectivity index (χ2v) is 6.58. The molecule has 2 aliphatic rings. The number of imide groups is 1. The summed E-state index contributed by atoms with van der Waals surface area (Å²) in [5.74, 6) is 1.10. The minimum Gasteiger partial charge on any atom is -0.338 e. The molecule has 0 aromatic carbocycles. The number of nitrogens with zero attached hydrogens (tertiary/aromatic N) is 4. The third-order valence-corrected chi connectivity index (χ3v) is 4.71. The van der Waals surface area contributed by atoms with Crippen molar-refractivity contribution in [2.45, 2.75) is 58.2 Å². The van der Waals surface area contributed by atoms with Crippen molar-refractivity contribution in [1.82, 2.24) is 25.3 Å². The molecule has 0 bridgehead atoms. The minimum absolute atomic E-state index is 0.0834. The van der Waals surface area contributed by atoms with Gasteiger partial charge in [-0.2, -0.15) is 4.98 Å². The van der Waals surface area contributed by atoms with Crippen LogP contribution in [0, 0.1) is 0 Å². The van der Waals surface area contributed by atoms with Crippen LogP contribution in [0.15, 0.2) is 4.52 Å². The van der Waals surface area contributed by atoms with Crippen molar-refractivity contribution >= 4 is 11.9 Å². The topological polar surface area (TPSA) is 91.6 Å². The highest BCUT2D eigenvalue weighted by Gasteiger charge is 2.56. The summed E-state index contributed by atoms with van der Waals surface area (Å²) in [5, 5.41) is 6.81. The number of carbonyl (C=O) groups excluding carboxylic acids is 2. The van der Waals surface area contributed by atoms with Crippen LogP contribution in [0.3, 0.4) is 0 Å². The van der Waals surface area contributed by atoms with E-state index in [0.717, 1.165) is 6.42 Å². The summed E-state index contributed by atoms with van der Waals surface area (Å²) in [6.07, 6.45) is 1.32. The van der Waals surface area contributed by atoms with E-state index in [0.29, 0.717) is 31.2 Å². The van der Waals surface area contributed by atoms with Gasteiger partial charge >= 0.3 is 6.03 Å². The van der Waals surface area contributed by atoms with Gasteiger partial charge in [-0.25, -0.2) is 4.79 Å². The number of aromatic nitrogens is 2. The number of aryl methyl sites for hydroxylation is 1. The minimum atomic E-state index is -0.816. The van der Waals surface area contributed by atoms with Gasteiger partial charge in [0.2, 0.25) is 5.89 Å². The first-order valence-corrected chi connectivity index (χ1v) is 8.10. The number of nitrogens with one attached hydrogen (secondary N) is 1. The van der Waals surface area contributed by atoms with Gasteiger partial charge in [0.1, 0.15) is 5.54 Å². The Hall–Kier alpha value is -1.96. The maximum atomic E-state index is 12.7. The lowest BCUT2D eigenvalue weighted by Gasteiger charge is -2.25. The second-order valence-electron chi connectivity index (χ2n) is 6.58. The maximum absolute atomic E-state index is 12.7. The molecule has 8 nitrogen and oxygen atoms in total. The number of rotatable bonds is 4. The molecule has 3 amide bonds. The van der Waals surface area contributed by atoms with Crippen LogP contribution in [0.4, 0.5) is 4.79 Å². The summed E-state index contributed by atoms with van der Waals surface area (Å²) < 4.78 is 5.30. The Balaban J connectivity index is 1.75. The summed E-state index contributed by atoms with van der Waals surface area (Å²) in [7, 11) is 0. The zero-order chi connectivity index (χ0) is 16.8. The Bertz CT molecular complexity index is 628. The van der Waals surface area contributed by atoms with E-state index in [-0.39, 0.29) is 24.0 Å². The summed E-state index contributed by atoms with van der Waals surface area (Å²) in [6, 6.07) is -0.526. The maximum Gasteiger partial charge on any atom is 0.325 e. The summed E-state index contributed by atoms with van der Waals surface area (Å²) in [4.78, 5) is 32.6. The van der Waals surface area contributed by atoms with Crippen molar-refractivity contribution in [3.05, 3.63) is 11.7 Å². The van der Waals surface area contributed by atoms with Crippen LogP contribution in [0.5, 0.6) is 0 Å². The van der Waals surface area contributed by atoms with E-state index in [1.54, 1.807) is 0 Å². The van der Waals surface area contributed by atoms with E-state index in [1.807, 2.05) is 27.7 Å². The van der Waals surface area contributed by atoms with E-state index >= 15 is 0 Å². The molecule has 0 saturated carbocycles. The van der Waals surface area contributed by atoms with E-state index in [1.165, 1.54) is 4.90 Å². The molecular formula is C15H23N5O3. The molecule has 1 N–H and O–H groups in total. The second kappa shape index (κ2) is 5.59. The third kappa shape index (κ3) is 2.50. The van der Waals surface area contributed by atoms with Crippen molar-refractivity contribution in [1.29, 1.82) is 0 Å². The van der Waals surface area contributed by atoms with Gasteiger partial charge < -0.3 is 9.84 Å². The number of likely N-dealkylation sites (tertiary alicyclic amines) is 1. The van der Waals surface area contributed by atoms with Gasteiger partial charge in [0.15, 0.2) is 5.82 Å². The molecule has 2 atom stereocenters. The Morgan fingerprint density at radius 2 is 2.09 bits per heavy atom. The smallest absolute Gasteiger partial charge is 0.325 e. The first kappa shape index (κ1) is 15.9. The first-order valence-electron chi connectivity index (χ1n) is 8.10. The van der Waals surface area contributed by atoms with Crippen molar-refractivity contribution in [2.75, 3.05) is 13.1 Å². The molecule has 2 fully saturated rings. The first-order chi connectivity index (χ1) is 10.9. The van der Waals surface area contributed by atoms with Crippen molar-refractivity contribution in [2.24, 2.45) is 0 Å². The van der Waals surface area contributed by atoms with Gasteiger partial charge in [-0.1, -0.05) is 12.1 Å². The molecular weight excluding hydrogens is 298 g/mol. The van der Waals surface area contributed by atoms with Crippen LogP contribution in [0.1, 0.15) is 51.9 Å². The van der Waals surface area contributed by atoms with Gasteiger partial charge in [-0.3, -0.25) is 14.6 Å². The largest absolute Gasteiger partial charge is 0.338 e. The predicted molar refractivity (Wildman–Crippen MR) is 81.5 cm³/mol. The van der Waals surface area contributed by atoms with Gasteiger partial charge in [-0.05, 0) is 27.2 Å². The molecule has 0 radical (unpaired) electrons. The number of hydrogen-bond acceptors (Lipinski definition) is 6. The fraction of sp³-hybridized carbons (Fsp3) is 0.733. The number of amides is 3. The van der Waals surface area contributed by atoms with Crippen molar-refractivity contribution in [3.8, 4) is 0 Å². The lowest BCUT2D eigenvalue weighted by atomic mass is 9.98. The molecule has 2 aliphatic heterocycles. The van der Waals surface area contributed by atoms with Crippen LogP contribution in [-0.4, -0.2) is 56.5 Å². The predicted octanol–water partition coefficient (Wildman–Crippen LogP) is 1.10. The summed E-state index contributed by atoms with van der Waals surface area (Å²) in [5.41, 5.74) is -0.816. The molecule has 0 unspecified atom stereocenters. The van der Waals surface area contributed by atoms with E-state index in [9.17, 15) is 9.59 Å². The molecule has 8 heteroatoms. The Kier molecular flexibility index (Phi) is 3.87. The van der Waals surface area contributed by atoms with Crippen molar-refractivity contribution in [3.63, 3.8) is 0 Å². The van der Waals surface area contributed by atoms with Gasteiger partial charge in [0, 0.05) is 25.6 Å². The number of carbonyl (C=O) groups is 2. The SMILES string of the molecule is CCc1noc([C@H](C)N2CC[C@@]3(C2)NC(=O)N(C(C)C)C3=O)n1. The van der Waals surface area contributed by atoms with E-state index < -0.39 is 5.54 Å². The highest BCUT2D eigenvalue weighted by Crippen LogP contribution is 2.34. The standard InChI is InChI=1S/C15H23N5O3/c1-5-11-16-12(23-18-11)10(4)19-7-6-15(8-19)13(21)20(9(2)3)14(22)17-15/h9-10H,5-8H2,1-4H3,(H,17,22)/t10-,15-/m0/s1. The quantitative estimate of drug-likeness (QED) is 0.835. The fourth-order valence-corrected chi connectivity index (χ4v) is 3.29. The van der Waals surface area contributed by atoms with Crippen LogP contribution in [-0.2, 0) is 11.2 Å². The Morgan fingerprint density at radius 1 is 1.35 bits per heavy atom. The third-order valence-electron chi connectivity index (χ3n) is 4.71. The Labute approximate surface area is 135 Å². The van der Waals surface area contributed by atoms with Crippen LogP contribution in [0.25, 0.3) is 0 Å². The molecule has 2 saturated heterocycles. The van der Waals surface area contributed by atoms with Crippen LogP contribution >= 0.6 is 0 Å². The highest BCUT2D eigenvalue weighted by atomic mass is 16.5. The van der Waals surface area contributed by atoms with Gasteiger partial charge in [-0.15, -0.1) is 0 Å².